The largest absolute Gasteiger partial charge is 0.368 e. The summed E-state index contributed by atoms with van der Waals surface area (Å²) in [5.74, 6) is 1.65. The molecule has 0 fully saturated rings. The smallest absolute Gasteiger partial charge is 0.163 e. The molecule has 0 aliphatic heterocycles. The zero-order valence-electron chi connectivity index (χ0n) is 17.8. The maximum Gasteiger partial charge on any atom is 0.163 e. The van der Waals surface area contributed by atoms with Crippen molar-refractivity contribution in [2.24, 2.45) is 5.73 Å². The van der Waals surface area contributed by atoms with E-state index in [1.807, 2.05) is 23.5 Å². The van der Waals surface area contributed by atoms with Crippen LogP contribution in [-0.2, 0) is 19.3 Å². The quantitative estimate of drug-likeness (QED) is 0.455. The maximum absolute atomic E-state index is 6.49. The number of aryl methyl sites for hydroxylation is 3. The van der Waals surface area contributed by atoms with Crippen molar-refractivity contribution < 1.29 is 0 Å². The molecule has 0 spiro atoms. The van der Waals surface area contributed by atoms with Gasteiger partial charge in [-0.3, -0.25) is 4.98 Å². The van der Waals surface area contributed by atoms with Crippen molar-refractivity contribution in [1.82, 2.24) is 15.0 Å². The Kier molecular flexibility index (Phi) is 5.66. The molecular weight excluding hydrogens is 402 g/mol. The Morgan fingerprint density at radius 3 is 2.61 bits per heavy atom. The van der Waals surface area contributed by atoms with E-state index in [2.05, 4.69) is 41.5 Å². The van der Waals surface area contributed by atoms with Crippen LogP contribution < -0.4 is 11.1 Å². The number of nitrogens with two attached hydrogens (primary N) is 1. The van der Waals surface area contributed by atoms with Crippen LogP contribution >= 0.6 is 11.3 Å². The molecule has 0 saturated carbocycles. The molecule has 31 heavy (non-hydrogen) atoms. The van der Waals surface area contributed by atoms with E-state index < -0.39 is 0 Å². The third-order valence-electron chi connectivity index (χ3n) is 5.90. The van der Waals surface area contributed by atoms with Gasteiger partial charge in [-0.1, -0.05) is 29.8 Å². The first-order valence-corrected chi connectivity index (χ1v) is 11.8. The standard InChI is InChI=1S/C25H27N5S/c1-16-6-8-17(9-7-16)14-19(26)15-28-24-22-20-4-2-3-5-21(20)31-25(22)30-23(29-24)18-10-12-27-13-11-18/h6-13,19H,2-5,14-15,26H2,1H3,(H,28,29,30)/t19-/m0/s1. The Morgan fingerprint density at radius 2 is 1.81 bits per heavy atom. The molecular formula is C25H27N5S. The molecule has 1 atom stereocenters. The van der Waals surface area contributed by atoms with Crippen molar-refractivity contribution >= 4 is 27.4 Å². The molecule has 0 saturated heterocycles. The number of aromatic nitrogens is 3. The molecule has 0 amide bonds. The highest BCUT2D eigenvalue weighted by Gasteiger charge is 2.22. The first kappa shape index (κ1) is 20.1. The molecule has 0 unspecified atom stereocenters. The highest BCUT2D eigenvalue weighted by atomic mass is 32.1. The summed E-state index contributed by atoms with van der Waals surface area (Å²) < 4.78 is 0. The average molecular weight is 430 g/mol. The van der Waals surface area contributed by atoms with Crippen molar-refractivity contribution in [3.63, 3.8) is 0 Å². The lowest BCUT2D eigenvalue weighted by Crippen LogP contribution is -2.31. The molecule has 5 rings (SSSR count). The van der Waals surface area contributed by atoms with Crippen LogP contribution in [0.4, 0.5) is 5.82 Å². The Morgan fingerprint density at radius 1 is 1.03 bits per heavy atom. The van der Waals surface area contributed by atoms with Gasteiger partial charge in [0.2, 0.25) is 0 Å². The summed E-state index contributed by atoms with van der Waals surface area (Å²) in [5, 5.41) is 4.77. The number of nitrogens with one attached hydrogen (secondary N) is 1. The highest BCUT2D eigenvalue weighted by molar-refractivity contribution is 7.19. The number of hydrogen-bond donors (Lipinski definition) is 2. The number of anilines is 1. The van der Waals surface area contributed by atoms with Gasteiger partial charge in [0, 0.05) is 35.4 Å². The highest BCUT2D eigenvalue weighted by Crippen LogP contribution is 2.39. The van der Waals surface area contributed by atoms with Crippen LogP contribution in [0.25, 0.3) is 21.6 Å². The minimum absolute atomic E-state index is 0.00607. The number of benzene rings is 1. The van der Waals surface area contributed by atoms with Crippen LogP contribution in [0.1, 0.15) is 34.4 Å². The summed E-state index contributed by atoms with van der Waals surface area (Å²) in [5.41, 5.74) is 11.4. The molecule has 3 N–H and O–H groups in total. The molecule has 1 aliphatic rings. The third kappa shape index (κ3) is 4.31. The lowest BCUT2D eigenvalue weighted by atomic mass is 9.97. The molecule has 6 heteroatoms. The summed E-state index contributed by atoms with van der Waals surface area (Å²) in [6.07, 6.45) is 9.15. The topological polar surface area (TPSA) is 76.7 Å². The van der Waals surface area contributed by atoms with Crippen molar-refractivity contribution in [2.45, 2.75) is 45.1 Å². The zero-order chi connectivity index (χ0) is 21.2. The van der Waals surface area contributed by atoms with Gasteiger partial charge in [-0.2, -0.15) is 0 Å². The lowest BCUT2D eigenvalue weighted by Gasteiger charge is -2.16. The van der Waals surface area contributed by atoms with E-state index in [0.717, 1.165) is 41.3 Å². The SMILES string of the molecule is Cc1ccc(C[C@H](N)CNc2nc(-c3ccncc3)nc3sc4c(c23)CCCC4)cc1. The van der Waals surface area contributed by atoms with Gasteiger partial charge in [0.15, 0.2) is 5.82 Å². The van der Waals surface area contributed by atoms with Gasteiger partial charge in [0.1, 0.15) is 10.6 Å². The maximum atomic E-state index is 6.49. The molecule has 3 aromatic heterocycles. The molecule has 3 heterocycles. The van der Waals surface area contributed by atoms with E-state index in [0.29, 0.717) is 6.54 Å². The van der Waals surface area contributed by atoms with E-state index in [1.54, 1.807) is 12.4 Å². The normalized spacial score (nSPS) is 14.4. The lowest BCUT2D eigenvalue weighted by molar-refractivity contribution is 0.695. The second-order valence-electron chi connectivity index (χ2n) is 8.35. The van der Waals surface area contributed by atoms with Gasteiger partial charge >= 0.3 is 0 Å². The van der Waals surface area contributed by atoms with Crippen LogP contribution in [-0.4, -0.2) is 27.5 Å². The van der Waals surface area contributed by atoms with Crippen LogP contribution in [0.15, 0.2) is 48.8 Å². The van der Waals surface area contributed by atoms with Crippen LogP contribution in [0.5, 0.6) is 0 Å². The predicted octanol–water partition coefficient (Wildman–Crippen LogP) is 4.92. The first-order valence-electron chi connectivity index (χ1n) is 10.9. The fraction of sp³-hybridized carbons (Fsp3) is 0.320. The second kappa shape index (κ2) is 8.73. The Labute approximate surface area is 186 Å². The summed E-state index contributed by atoms with van der Waals surface area (Å²) in [7, 11) is 0. The average Bonchev–Trinajstić information content (AvgIpc) is 3.18. The number of fused-ring (bicyclic) bond motifs is 3. The van der Waals surface area contributed by atoms with E-state index in [1.165, 1.54) is 39.8 Å². The van der Waals surface area contributed by atoms with Gasteiger partial charge in [0.25, 0.3) is 0 Å². The van der Waals surface area contributed by atoms with E-state index >= 15 is 0 Å². The molecule has 1 aliphatic carbocycles. The minimum Gasteiger partial charge on any atom is -0.368 e. The van der Waals surface area contributed by atoms with Crippen LogP contribution in [0, 0.1) is 6.92 Å². The fourth-order valence-corrected chi connectivity index (χ4v) is 5.50. The fourth-order valence-electron chi connectivity index (χ4n) is 4.24. The van der Waals surface area contributed by atoms with Crippen molar-refractivity contribution in [1.29, 1.82) is 0 Å². The molecule has 0 radical (unpaired) electrons. The van der Waals surface area contributed by atoms with E-state index in [-0.39, 0.29) is 6.04 Å². The Balaban J connectivity index is 1.45. The van der Waals surface area contributed by atoms with Crippen molar-refractivity contribution in [3.8, 4) is 11.4 Å². The Hall–Kier alpha value is -2.83. The summed E-state index contributed by atoms with van der Waals surface area (Å²) >= 11 is 1.82. The van der Waals surface area contributed by atoms with Crippen LogP contribution in [0.2, 0.25) is 0 Å². The van der Waals surface area contributed by atoms with Gasteiger partial charge in [0.05, 0.1) is 5.39 Å². The number of hydrogen-bond acceptors (Lipinski definition) is 6. The first-order chi connectivity index (χ1) is 15.2. The molecule has 4 aromatic rings. The number of thiophene rings is 1. The number of nitrogens with zero attached hydrogens (tertiary/aromatic N) is 3. The van der Waals surface area contributed by atoms with Crippen molar-refractivity contribution in [2.75, 3.05) is 11.9 Å². The van der Waals surface area contributed by atoms with Gasteiger partial charge in [-0.25, -0.2) is 9.97 Å². The minimum atomic E-state index is 0.00607. The van der Waals surface area contributed by atoms with E-state index in [9.17, 15) is 0 Å². The summed E-state index contributed by atoms with van der Waals surface area (Å²) in [4.78, 5) is 16.5. The molecule has 158 valence electrons. The number of rotatable bonds is 6. The summed E-state index contributed by atoms with van der Waals surface area (Å²) in [6.45, 7) is 2.77. The molecule has 0 bridgehead atoms. The number of pyridine rings is 1. The van der Waals surface area contributed by atoms with E-state index in [4.69, 9.17) is 15.7 Å². The van der Waals surface area contributed by atoms with Gasteiger partial charge in [-0.05, 0) is 62.3 Å². The molecule has 5 nitrogen and oxygen atoms in total. The van der Waals surface area contributed by atoms with Gasteiger partial charge in [-0.15, -0.1) is 11.3 Å². The Bertz CT molecular complexity index is 1180. The zero-order valence-corrected chi connectivity index (χ0v) is 18.6. The monoisotopic (exact) mass is 429 g/mol. The molecule has 1 aromatic carbocycles. The predicted molar refractivity (Wildman–Crippen MR) is 129 cm³/mol. The second-order valence-corrected chi connectivity index (χ2v) is 9.44. The third-order valence-corrected chi connectivity index (χ3v) is 7.09. The van der Waals surface area contributed by atoms with Gasteiger partial charge < -0.3 is 11.1 Å². The van der Waals surface area contributed by atoms with Crippen molar-refractivity contribution in [3.05, 3.63) is 70.4 Å². The summed E-state index contributed by atoms with van der Waals surface area (Å²) in [6, 6.07) is 12.5. The van der Waals surface area contributed by atoms with Crippen LogP contribution in [0.3, 0.4) is 0 Å².